The number of hydrogen-bond acceptors (Lipinski definition) is 9. The van der Waals surface area contributed by atoms with Crippen molar-refractivity contribution < 1.29 is 0 Å². The Labute approximate surface area is 519 Å². The standard InChI is InChI=1S/C80H50N10/c81-49-51-38-42-60(67-47-57(39-43-73(67)89-69-33-17-13-29-61(69)62-30-14-18-34-70(62)89)79-85-75(53-21-5-1-6-22-53)83-76(86-79)54-23-7-2-8-24-54)65(45-51)59-41-37-52(50-82)46-66(59)68-48-58(40-44-74(68)90-71-35-19-15-31-63(71)64-32-16-20-36-72(64)90)80-87-77(55-25-9-3-10-26-55)84-78(88-80)56-27-11-4-12-28-56/h1-48,61,69H. The van der Waals surface area contributed by atoms with Crippen LogP contribution in [0.3, 0.4) is 0 Å². The van der Waals surface area contributed by atoms with E-state index in [4.69, 9.17) is 29.9 Å². The molecule has 0 saturated heterocycles. The van der Waals surface area contributed by atoms with Crippen LogP contribution < -0.4 is 4.90 Å². The molecular formula is C80H50N10. The zero-order valence-electron chi connectivity index (χ0n) is 48.3. The highest BCUT2D eigenvalue weighted by atomic mass is 15.2. The Morgan fingerprint density at radius 3 is 1.18 bits per heavy atom. The van der Waals surface area contributed by atoms with Crippen molar-refractivity contribution in [3.8, 4) is 120 Å². The monoisotopic (exact) mass is 1150 g/mol. The first-order chi connectivity index (χ1) is 44.5. The third-order valence-electron chi connectivity index (χ3n) is 17.1. The zero-order valence-corrected chi connectivity index (χ0v) is 48.3. The Morgan fingerprint density at radius 1 is 0.300 bits per heavy atom. The minimum atomic E-state index is -0.0485. The van der Waals surface area contributed by atoms with Crippen LogP contribution >= 0.6 is 0 Å². The number of hydrogen-bond donors (Lipinski definition) is 0. The van der Waals surface area contributed by atoms with E-state index in [0.717, 1.165) is 106 Å². The SMILES string of the molecule is N#Cc1ccc(-c2cc(-c3nc(-c4ccccc4)nc(-c4ccccc4)n3)ccc2N2c3ccccc3C3C=CC=CC32)c(-c2ccc(C#N)cc2-c2cc(-c3nc(-c4ccccc4)nc(-c4ccccc4)n3)ccc2-n2c3ccccc3c3ccccc32)c1. The van der Waals surface area contributed by atoms with Crippen molar-refractivity contribution in [2.45, 2.75) is 12.0 Å². The van der Waals surface area contributed by atoms with Gasteiger partial charge in [0.1, 0.15) is 0 Å². The number of anilines is 2. The average Bonchev–Trinajstić information content (AvgIpc) is 1.52. The molecule has 0 saturated carbocycles. The number of nitriles is 2. The molecule has 10 nitrogen and oxygen atoms in total. The average molecular weight is 1150 g/mol. The van der Waals surface area contributed by atoms with Crippen LogP contribution in [0.5, 0.6) is 0 Å². The van der Waals surface area contributed by atoms with Crippen molar-refractivity contribution in [1.29, 1.82) is 10.5 Å². The summed E-state index contributed by atoms with van der Waals surface area (Å²) in [6, 6.07) is 95.2. The first-order valence-electron chi connectivity index (χ1n) is 29.9. The van der Waals surface area contributed by atoms with Crippen LogP contribution in [0.15, 0.2) is 291 Å². The van der Waals surface area contributed by atoms with Crippen molar-refractivity contribution >= 4 is 33.2 Å². The molecule has 1 aliphatic heterocycles. The second kappa shape index (κ2) is 22.4. The summed E-state index contributed by atoms with van der Waals surface area (Å²) in [5.41, 5.74) is 16.9. The summed E-state index contributed by atoms with van der Waals surface area (Å²) in [5.74, 6) is 3.24. The van der Waals surface area contributed by atoms with Crippen molar-refractivity contribution in [3.05, 3.63) is 308 Å². The largest absolute Gasteiger partial charge is 0.333 e. The van der Waals surface area contributed by atoms with Gasteiger partial charge in [0.05, 0.1) is 46.0 Å². The first-order valence-corrected chi connectivity index (χ1v) is 29.9. The van der Waals surface area contributed by atoms with E-state index in [1.54, 1.807) is 0 Å². The molecule has 3 aromatic heterocycles. The second-order valence-corrected chi connectivity index (χ2v) is 22.4. The maximum atomic E-state index is 11.0. The lowest BCUT2D eigenvalue weighted by molar-refractivity contribution is 0.745. The highest BCUT2D eigenvalue weighted by molar-refractivity contribution is 6.10. The number of allylic oxidation sites excluding steroid dienone is 2. The lowest BCUT2D eigenvalue weighted by Crippen LogP contribution is -2.29. The number of benzene rings is 11. The Morgan fingerprint density at radius 2 is 0.689 bits per heavy atom. The third-order valence-corrected chi connectivity index (χ3v) is 17.1. The van der Waals surface area contributed by atoms with E-state index in [1.165, 1.54) is 5.56 Å². The molecule has 2 unspecified atom stereocenters. The van der Waals surface area contributed by atoms with Gasteiger partial charge in [0.2, 0.25) is 0 Å². The van der Waals surface area contributed by atoms with E-state index < -0.39 is 0 Å². The van der Waals surface area contributed by atoms with Gasteiger partial charge < -0.3 is 9.47 Å². The van der Waals surface area contributed by atoms with Gasteiger partial charge in [0.25, 0.3) is 0 Å². The molecule has 0 N–H and O–H groups in total. The summed E-state index contributed by atoms with van der Waals surface area (Å²) in [5, 5.41) is 24.2. The minimum absolute atomic E-state index is 0.0485. The maximum absolute atomic E-state index is 11.0. The van der Waals surface area contributed by atoms with Gasteiger partial charge in [-0.05, 0) is 107 Å². The van der Waals surface area contributed by atoms with Crippen molar-refractivity contribution in [2.75, 3.05) is 4.90 Å². The summed E-state index contributed by atoms with van der Waals surface area (Å²) in [4.78, 5) is 33.6. The van der Waals surface area contributed by atoms with Crippen LogP contribution in [0.1, 0.15) is 22.6 Å². The summed E-state index contributed by atoms with van der Waals surface area (Å²) in [6.45, 7) is 0. The van der Waals surface area contributed by atoms with E-state index in [1.807, 2.05) is 152 Å². The molecule has 10 heteroatoms. The Kier molecular flexibility index (Phi) is 13.2. The van der Waals surface area contributed by atoms with Crippen molar-refractivity contribution in [2.24, 2.45) is 0 Å². The van der Waals surface area contributed by atoms with Crippen LogP contribution in [0.2, 0.25) is 0 Å². The molecule has 0 bridgehead atoms. The van der Waals surface area contributed by atoms with E-state index in [9.17, 15) is 10.5 Å². The van der Waals surface area contributed by atoms with Crippen molar-refractivity contribution in [3.63, 3.8) is 0 Å². The van der Waals surface area contributed by atoms with Crippen molar-refractivity contribution in [1.82, 2.24) is 34.5 Å². The van der Waals surface area contributed by atoms with Crippen LogP contribution in [0.4, 0.5) is 11.4 Å². The molecule has 2 aliphatic rings. The smallest absolute Gasteiger partial charge is 0.164 e. The predicted octanol–water partition coefficient (Wildman–Crippen LogP) is 18.6. The number of aromatic nitrogens is 7. The molecule has 420 valence electrons. The summed E-state index contributed by atoms with van der Waals surface area (Å²) in [7, 11) is 0. The Bertz CT molecular complexity index is 5130. The van der Waals surface area contributed by atoms with Gasteiger partial charge in [0, 0.05) is 72.6 Å². The lowest BCUT2D eigenvalue weighted by atomic mass is 9.85. The molecule has 0 radical (unpaired) electrons. The van der Waals surface area contributed by atoms with Crippen LogP contribution in [0, 0.1) is 22.7 Å². The topological polar surface area (TPSA) is 133 Å². The van der Waals surface area contributed by atoms with Gasteiger partial charge in [-0.3, -0.25) is 0 Å². The minimum Gasteiger partial charge on any atom is -0.333 e. The highest BCUT2D eigenvalue weighted by Gasteiger charge is 2.38. The van der Waals surface area contributed by atoms with Gasteiger partial charge in [-0.2, -0.15) is 10.5 Å². The van der Waals surface area contributed by atoms with E-state index >= 15 is 0 Å². The fourth-order valence-corrected chi connectivity index (χ4v) is 13.0. The van der Waals surface area contributed by atoms with E-state index in [2.05, 4.69) is 161 Å². The highest BCUT2D eigenvalue weighted by Crippen LogP contribution is 2.53. The Balaban J connectivity index is 0.974. The first kappa shape index (κ1) is 53.0. The molecule has 16 rings (SSSR count). The Hall–Kier alpha value is -12.5. The number of fused-ring (bicyclic) bond motifs is 6. The van der Waals surface area contributed by atoms with Gasteiger partial charge in [-0.15, -0.1) is 0 Å². The number of nitrogens with zero attached hydrogens (tertiary/aromatic N) is 10. The fourth-order valence-electron chi connectivity index (χ4n) is 13.0. The van der Waals surface area contributed by atoms with Crippen LogP contribution in [-0.2, 0) is 0 Å². The van der Waals surface area contributed by atoms with Gasteiger partial charge in [0.15, 0.2) is 34.9 Å². The molecular weight excluding hydrogens is 1100 g/mol. The molecule has 14 aromatic rings. The molecule has 0 fully saturated rings. The molecule has 1 aliphatic carbocycles. The molecule has 90 heavy (non-hydrogen) atoms. The molecule has 0 amide bonds. The van der Waals surface area contributed by atoms with Gasteiger partial charge in [-0.25, -0.2) is 29.9 Å². The van der Waals surface area contributed by atoms with Gasteiger partial charge in [-0.1, -0.05) is 212 Å². The van der Waals surface area contributed by atoms with E-state index in [-0.39, 0.29) is 12.0 Å². The predicted molar refractivity (Wildman–Crippen MR) is 359 cm³/mol. The maximum Gasteiger partial charge on any atom is 0.164 e. The zero-order chi connectivity index (χ0) is 60.1. The molecule has 11 aromatic carbocycles. The second-order valence-electron chi connectivity index (χ2n) is 22.4. The molecule has 2 atom stereocenters. The quantitative estimate of drug-likeness (QED) is 0.124. The number of rotatable bonds is 11. The van der Waals surface area contributed by atoms with Gasteiger partial charge >= 0.3 is 0 Å². The van der Waals surface area contributed by atoms with Crippen LogP contribution in [0.25, 0.3) is 129 Å². The van der Waals surface area contributed by atoms with Crippen LogP contribution in [-0.4, -0.2) is 40.5 Å². The molecule has 4 heterocycles. The summed E-state index contributed by atoms with van der Waals surface area (Å²) in [6.07, 6.45) is 8.85. The third kappa shape index (κ3) is 9.37. The normalized spacial score (nSPS) is 13.9. The number of para-hydroxylation sites is 3. The fraction of sp³-hybridized carbons (Fsp3) is 0.0250. The summed E-state index contributed by atoms with van der Waals surface area (Å²) < 4.78 is 2.31. The molecule has 0 spiro atoms. The van der Waals surface area contributed by atoms with E-state index in [0.29, 0.717) is 46.1 Å². The summed E-state index contributed by atoms with van der Waals surface area (Å²) >= 11 is 0. The lowest BCUT2D eigenvalue weighted by Gasteiger charge is -2.31.